The van der Waals surface area contributed by atoms with Gasteiger partial charge in [-0.05, 0) is 48.2 Å². The maximum Gasteiger partial charge on any atom is 0.387 e. The topological polar surface area (TPSA) is 51.6 Å². The Morgan fingerprint density at radius 3 is 2.45 bits per heavy atom. The van der Waals surface area contributed by atoms with Crippen molar-refractivity contribution in [1.29, 1.82) is 0 Å². The highest BCUT2D eigenvalue weighted by atomic mass is 19.3. The van der Waals surface area contributed by atoms with Gasteiger partial charge in [-0.1, -0.05) is 36.4 Å². The van der Waals surface area contributed by atoms with Crippen molar-refractivity contribution in [2.45, 2.75) is 25.9 Å². The third kappa shape index (κ3) is 5.74. The average Bonchev–Trinajstić information content (AvgIpc) is 2.73. The van der Waals surface area contributed by atoms with E-state index in [1.807, 2.05) is 12.1 Å². The molecule has 2 aromatic carbocycles. The monoisotopic (exact) mass is 399 g/mol. The number of aromatic nitrogens is 1. The number of benzene rings is 2. The van der Waals surface area contributed by atoms with E-state index < -0.39 is 6.61 Å². The summed E-state index contributed by atoms with van der Waals surface area (Å²) in [7, 11) is 1.55. The van der Waals surface area contributed by atoms with Gasteiger partial charge >= 0.3 is 6.61 Å². The number of aliphatic hydroxyl groups is 1. The van der Waals surface area contributed by atoms with E-state index in [9.17, 15) is 8.78 Å². The standard InChI is InChI=1S/C23H23F2NO3/c1-28-21-12-11-19(14-17-9-7-16(8-10-17)4-3-13-27)26-22(21)18-5-2-6-20(15-18)29-23(24)25/h2,5-12,15,23,27H,3-4,13-14H2,1H3. The molecule has 29 heavy (non-hydrogen) atoms. The SMILES string of the molecule is COc1ccc(Cc2ccc(CCCO)cc2)nc1-c1cccc(OC(F)F)c1. The van der Waals surface area contributed by atoms with Gasteiger partial charge in [0.05, 0.1) is 7.11 Å². The van der Waals surface area contributed by atoms with Crippen molar-refractivity contribution in [3.05, 3.63) is 77.5 Å². The predicted octanol–water partition coefficient (Wildman–Crippen LogP) is 4.87. The fraction of sp³-hybridized carbons (Fsp3) is 0.261. The fourth-order valence-electron chi connectivity index (χ4n) is 3.09. The molecule has 0 saturated heterocycles. The van der Waals surface area contributed by atoms with Gasteiger partial charge in [0.15, 0.2) is 0 Å². The summed E-state index contributed by atoms with van der Waals surface area (Å²) in [6.07, 6.45) is 2.22. The van der Waals surface area contributed by atoms with Crippen molar-refractivity contribution in [2.75, 3.05) is 13.7 Å². The molecular weight excluding hydrogens is 376 g/mol. The molecule has 0 radical (unpaired) electrons. The Morgan fingerprint density at radius 2 is 1.76 bits per heavy atom. The lowest BCUT2D eigenvalue weighted by molar-refractivity contribution is -0.0498. The number of alkyl halides is 2. The second-order valence-electron chi connectivity index (χ2n) is 6.58. The molecule has 0 fully saturated rings. The predicted molar refractivity (Wildman–Crippen MR) is 108 cm³/mol. The summed E-state index contributed by atoms with van der Waals surface area (Å²) in [4.78, 5) is 4.70. The minimum absolute atomic E-state index is 0.0743. The zero-order valence-electron chi connectivity index (χ0n) is 16.1. The molecular formula is C23H23F2NO3. The van der Waals surface area contributed by atoms with E-state index in [-0.39, 0.29) is 12.4 Å². The number of aryl methyl sites for hydroxylation is 1. The van der Waals surface area contributed by atoms with Gasteiger partial charge in [0.25, 0.3) is 0 Å². The normalized spacial score (nSPS) is 10.9. The van der Waals surface area contributed by atoms with E-state index in [2.05, 4.69) is 29.0 Å². The van der Waals surface area contributed by atoms with Crippen LogP contribution in [0.1, 0.15) is 23.2 Å². The summed E-state index contributed by atoms with van der Waals surface area (Å²) in [6, 6.07) is 18.4. The van der Waals surface area contributed by atoms with Crippen molar-refractivity contribution in [3.8, 4) is 22.8 Å². The van der Waals surface area contributed by atoms with Gasteiger partial charge in [-0.25, -0.2) is 4.98 Å². The number of nitrogens with zero attached hydrogens (tertiary/aromatic N) is 1. The summed E-state index contributed by atoms with van der Waals surface area (Å²) in [6.45, 7) is -2.70. The summed E-state index contributed by atoms with van der Waals surface area (Å²) in [5.41, 5.74) is 4.34. The van der Waals surface area contributed by atoms with Crippen LogP contribution in [-0.4, -0.2) is 30.4 Å². The summed E-state index contributed by atoms with van der Waals surface area (Å²) >= 11 is 0. The molecule has 0 bridgehead atoms. The third-order valence-corrected chi connectivity index (χ3v) is 4.50. The van der Waals surface area contributed by atoms with Gasteiger partial charge in [0.1, 0.15) is 17.2 Å². The zero-order chi connectivity index (χ0) is 20.6. The zero-order valence-corrected chi connectivity index (χ0v) is 16.1. The second kappa shape index (κ2) is 9.98. The fourth-order valence-corrected chi connectivity index (χ4v) is 3.09. The van der Waals surface area contributed by atoms with E-state index in [4.69, 9.17) is 14.8 Å². The molecule has 0 aliphatic carbocycles. The van der Waals surface area contributed by atoms with Crippen molar-refractivity contribution in [3.63, 3.8) is 0 Å². The van der Waals surface area contributed by atoms with Crippen LogP contribution in [0, 0.1) is 0 Å². The van der Waals surface area contributed by atoms with Gasteiger partial charge in [-0.3, -0.25) is 0 Å². The van der Waals surface area contributed by atoms with E-state index >= 15 is 0 Å². The first-order chi connectivity index (χ1) is 14.1. The highest BCUT2D eigenvalue weighted by molar-refractivity contribution is 5.68. The summed E-state index contributed by atoms with van der Waals surface area (Å²) in [5, 5.41) is 8.94. The Bertz CT molecular complexity index is 930. The Kier molecular flexibility index (Phi) is 7.14. The molecule has 152 valence electrons. The van der Waals surface area contributed by atoms with Gasteiger partial charge in [0.2, 0.25) is 0 Å². The van der Waals surface area contributed by atoms with Crippen LogP contribution in [0.15, 0.2) is 60.7 Å². The number of aliphatic hydroxyl groups excluding tert-OH is 1. The van der Waals surface area contributed by atoms with Crippen LogP contribution in [0.25, 0.3) is 11.3 Å². The van der Waals surface area contributed by atoms with Crippen LogP contribution in [0.5, 0.6) is 11.5 Å². The summed E-state index contributed by atoms with van der Waals surface area (Å²) < 4.78 is 35.0. The van der Waals surface area contributed by atoms with E-state index in [1.54, 1.807) is 19.2 Å². The molecule has 1 aromatic heterocycles. The number of ether oxygens (including phenoxy) is 2. The lowest BCUT2D eigenvalue weighted by Crippen LogP contribution is -2.02. The smallest absolute Gasteiger partial charge is 0.387 e. The number of hydrogen-bond acceptors (Lipinski definition) is 4. The molecule has 3 aromatic rings. The van der Waals surface area contributed by atoms with Crippen molar-refractivity contribution < 1.29 is 23.4 Å². The maximum absolute atomic E-state index is 12.5. The average molecular weight is 399 g/mol. The largest absolute Gasteiger partial charge is 0.494 e. The number of pyridine rings is 1. The molecule has 0 atom stereocenters. The molecule has 0 unspecified atom stereocenters. The molecule has 4 nitrogen and oxygen atoms in total. The van der Waals surface area contributed by atoms with Crippen LogP contribution >= 0.6 is 0 Å². The minimum atomic E-state index is -2.88. The van der Waals surface area contributed by atoms with Gasteiger partial charge in [-0.2, -0.15) is 8.78 Å². The van der Waals surface area contributed by atoms with Crippen molar-refractivity contribution in [1.82, 2.24) is 4.98 Å². The van der Waals surface area contributed by atoms with Crippen molar-refractivity contribution in [2.24, 2.45) is 0 Å². The Labute approximate surface area is 168 Å². The van der Waals surface area contributed by atoms with Gasteiger partial charge < -0.3 is 14.6 Å². The molecule has 1 heterocycles. The second-order valence-corrected chi connectivity index (χ2v) is 6.58. The van der Waals surface area contributed by atoms with Gasteiger partial charge in [-0.15, -0.1) is 0 Å². The molecule has 3 rings (SSSR count). The Morgan fingerprint density at radius 1 is 1.00 bits per heavy atom. The molecule has 0 saturated carbocycles. The number of halogens is 2. The molecule has 1 N–H and O–H groups in total. The van der Waals surface area contributed by atoms with Crippen molar-refractivity contribution >= 4 is 0 Å². The van der Waals surface area contributed by atoms with E-state index in [0.29, 0.717) is 23.4 Å². The highest BCUT2D eigenvalue weighted by Crippen LogP contribution is 2.31. The first kappa shape index (κ1) is 20.7. The van der Waals surface area contributed by atoms with Crippen LogP contribution in [0.2, 0.25) is 0 Å². The highest BCUT2D eigenvalue weighted by Gasteiger charge is 2.12. The molecule has 0 aliphatic rings. The third-order valence-electron chi connectivity index (χ3n) is 4.50. The van der Waals surface area contributed by atoms with E-state index in [1.165, 1.54) is 17.7 Å². The minimum Gasteiger partial charge on any atom is -0.494 e. The molecule has 0 aliphatic heterocycles. The first-order valence-corrected chi connectivity index (χ1v) is 9.37. The quantitative estimate of drug-likeness (QED) is 0.558. The van der Waals surface area contributed by atoms with Gasteiger partial charge in [0, 0.05) is 24.3 Å². The molecule has 6 heteroatoms. The Hall–Kier alpha value is -2.99. The Balaban J connectivity index is 1.84. The number of hydrogen-bond donors (Lipinski definition) is 1. The lowest BCUT2D eigenvalue weighted by atomic mass is 10.0. The van der Waals surface area contributed by atoms with Crippen LogP contribution in [0.3, 0.4) is 0 Å². The van der Waals surface area contributed by atoms with Crippen LogP contribution < -0.4 is 9.47 Å². The number of methoxy groups -OCH3 is 1. The number of rotatable bonds is 9. The lowest BCUT2D eigenvalue weighted by Gasteiger charge is -2.12. The molecule has 0 spiro atoms. The van der Waals surface area contributed by atoms with E-state index in [0.717, 1.165) is 24.1 Å². The first-order valence-electron chi connectivity index (χ1n) is 9.37. The van der Waals surface area contributed by atoms with Crippen LogP contribution in [-0.2, 0) is 12.8 Å². The summed E-state index contributed by atoms with van der Waals surface area (Å²) in [5.74, 6) is 0.632. The molecule has 0 amide bonds. The van der Waals surface area contributed by atoms with Crippen LogP contribution in [0.4, 0.5) is 8.78 Å². The maximum atomic E-state index is 12.5.